The van der Waals surface area contributed by atoms with E-state index in [2.05, 4.69) is 9.59 Å². The third-order valence-corrected chi connectivity index (χ3v) is 2.66. The van der Waals surface area contributed by atoms with Crippen LogP contribution in [0.3, 0.4) is 0 Å². The summed E-state index contributed by atoms with van der Waals surface area (Å²) in [5.74, 6) is 1.29. The molecule has 0 saturated heterocycles. The molecule has 1 aromatic heterocycles. The Morgan fingerprint density at radius 3 is 3.00 bits per heavy atom. The highest BCUT2D eigenvalue weighted by atomic mass is 32.1. The van der Waals surface area contributed by atoms with Gasteiger partial charge in [0.2, 0.25) is 0 Å². The van der Waals surface area contributed by atoms with E-state index >= 15 is 0 Å². The number of nitrogens with zero attached hydrogens (tertiary/aromatic N) is 2. The van der Waals surface area contributed by atoms with E-state index in [0.29, 0.717) is 12.4 Å². The van der Waals surface area contributed by atoms with E-state index < -0.39 is 0 Å². The standard InChI is InChI=1S/C10H11N3OS/c1-7-3-2-4-8(5-7)14-6-9-10(11)12-13-15-9/h2-5H,6,11H2,1H3. The number of benzene rings is 1. The van der Waals surface area contributed by atoms with E-state index in [1.165, 1.54) is 17.1 Å². The summed E-state index contributed by atoms with van der Waals surface area (Å²) in [6.07, 6.45) is 0. The first-order chi connectivity index (χ1) is 7.25. The van der Waals surface area contributed by atoms with Crippen LogP contribution in [0.5, 0.6) is 5.75 Å². The number of hydrogen-bond donors (Lipinski definition) is 1. The van der Waals surface area contributed by atoms with Gasteiger partial charge < -0.3 is 10.5 Å². The second-order valence-corrected chi connectivity index (χ2v) is 4.03. The Hall–Kier alpha value is -1.62. The number of aromatic nitrogens is 2. The monoisotopic (exact) mass is 221 g/mol. The topological polar surface area (TPSA) is 61.0 Å². The van der Waals surface area contributed by atoms with Gasteiger partial charge in [0.1, 0.15) is 17.2 Å². The molecule has 1 aromatic carbocycles. The van der Waals surface area contributed by atoms with Gasteiger partial charge in [0.15, 0.2) is 5.82 Å². The Kier molecular flexibility index (Phi) is 2.82. The number of aryl methyl sites for hydroxylation is 1. The summed E-state index contributed by atoms with van der Waals surface area (Å²) in [6.45, 7) is 2.45. The molecule has 0 spiro atoms. The van der Waals surface area contributed by atoms with Crippen LogP contribution in [0.15, 0.2) is 24.3 Å². The maximum atomic E-state index is 5.59. The van der Waals surface area contributed by atoms with Crippen molar-refractivity contribution in [2.24, 2.45) is 0 Å². The molecule has 15 heavy (non-hydrogen) atoms. The molecule has 0 atom stereocenters. The summed E-state index contributed by atoms with van der Waals surface area (Å²) in [7, 11) is 0. The zero-order valence-electron chi connectivity index (χ0n) is 8.30. The molecule has 0 radical (unpaired) electrons. The molecule has 0 aliphatic rings. The average molecular weight is 221 g/mol. The third-order valence-electron chi connectivity index (χ3n) is 1.94. The van der Waals surface area contributed by atoms with Crippen LogP contribution in [0.4, 0.5) is 5.82 Å². The van der Waals surface area contributed by atoms with Crippen LogP contribution < -0.4 is 10.5 Å². The van der Waals surface area contributed by atoms with Crippen molar-refractivity contribution >= 4 is 17.4 Å². The molecule has 4 nitrogen and oxygen atoms in total. The van der Waals surface area contributed by atoms with Crippen molar-refractivity contribution in [3.63, 3.8) is 0 Å². The zero-order chi connectivity index (χ0) is 10.7. The third kappa shape index (κ3) is 2.44. The van der Waals surface area contributed by atoms with Crippen LogP contribution in [0.2, 0.25) is 0 Å². The maximum absolute atomic E-state index is 5.59. The average Bonchev–Trinajstić information content (AvgIpc) is 2.61. The minimum Gasteiger partial charge on any atom is -0.488 e. The molecular formula is C10H11N3OS. The first-order valence-electron chi connectivity index (χ1n) is 4.52. The van der Waals surface area contributed by atoms with E-state index in [9.17, 15) is 0 Å². The maximum Gasteiger partial charge on any atom is 0.165 e. The van der Waals surface area contributed by atoms with Crippen molar-refractivity contribution < 1.29 is 4.74 Å². The van der Waals surface area contributed by atoms with Gasteiger partial charge in [-0.3, -0.25) is 0 Å². The highest BCUT2D eigenvalue weighted by molar-refractivity contribution is 7.05. The van der Waals surface area contributed by atoms with Crippen molar-refractivity contribution in [1.82, 2.24) is 9.59 Å². The highest BCUT2D eigenvalue weighted by Crippen LogP contribution is 2.18. The summed E-state index contributed by atoms with van der Waals surface area (Å²) in [4.78, 5) is 0.858. The van der Waals surface area contributed by atoms with Gasteiger partial charge in [-0.25, -0.2) is 0 Å². The van der Waals surface area contributed by atoms with Gasteiger partial charge in [-0.05, 0) is 36.2 Å². The van der Waals surface area contributed by atoms with Crippen LogP contribution >= 0.6 is 11.5 Å². The molecule has 2 rings (SSSR count). The van der Waals surface area contributed by atoms with Crippen LogP contribution in [0.25, 0.3) is 0 Å². The van der Waals surface area contributed by atoms with Crippen molar-refractivity contribution in [3.8, 4) is 5.75 Å². The molecule has 0 amide bonds. The molecular weight excluding hydrogens is 210 g/mol. The van der Waals surface area contributed by atoms with Crippen molar-refractivity contribution in [1.29, 1.82) is 0 Å². The normalized spacial score (nSPS) is 10.2. The lowest BCUT2D eigenvalue weighted by Gasteiger charge is -2.04. The number of nitrogen functional groups attached to an aromatic ring is 1. The molecule has 0 aliphatic carbocycles. The van der Waals surface area contributed by atoms with Crippen LogP contribution in [-0.4, -0.2) is 9.59 Å². The Bertz CT molecular complexity index is 455. The minimum absolute atomic E-state index is 0.424. The first kappa shape index (κ1) is 9.92. The first-order valence-corrected chi connectivity index (χ1v) is 5.29. The highest BCUT2D eigenvalue weighted by Gasteiger charge is 2.04. The number of anilines is 1. The SMILES string of the molecule is Cc1cccc(OCc2snnc2N)c1. The lowest BCUT2D eigenvalue weighted by molar-refractivity contribution is 0.310. The van der Waals surface area contributed by atoms with Crippen molar-refractivity contribution in [2.75, 3.05) is 5.73 Å². The van der Waals surface area contributed by atoms with Gasteiger partial charge in [-0.1, -0.05) is 16.6 Å². The Morgan fingerprint density at radius 1 is 1.47 bits per heavy atom. The molecule has 2 N–H and O–H groups in total. The van der Waals surface area contributed by atoms with E-state index in [0.717, 1.165) is 10.6 Å². The molecule has 2 aromatic rings. The summed E-state index contributed by atoms with van der Waals surface area (Å²) < 4.78 is 9.30. The van der Waals surface area contributed by atoms with Crippen LogP contribution in [-0.2, 0) is 6.61 Å². The summed E-state index contributed by atoms with van der Waals surface area (Å²) in [5, 5.41) is 3.71. The fourth-order valence-electron chi connectivity index (χ4n) is 1.17. The van der Waals surface area contributed by atoms with Gasteiger partial charge in [0, 0.05) is 0 Å². The second-order valence-electron chi connectivity index (χ2n) is 3.19. The minimum atomic E-state index is 0.424. The largest absolute Gasteiger partial charge is 0.488 e. The Labute approximate surface area is 91.9 Å². The molecule has 0 bridgehead atoms. The molecule has 0 aliphatic heterocycles. The van der Waals surface area contributed by atoms with E-state index in [1.54, 1.807) is 0 Å². The summed E-state index contributed by atoms with van der Waals surface area (Å²) in [5.41, 5.74) is 6.76. The van der Waals surface area contributed by atoms with E-state index in [4.69, 9.17) is 10.5 Å². The van der Waals surface area contributed by atoms with E-state index in [1.807, 2.05) is 31.2 Å². The molecule has 0 fully saturated rings. The summed E-state index contributed by atoms with van der Waals surface area (Å²) >= 11 is 1.26. The molecule has 78 valence electrons. The smallest absolute Gasteiger partial charge is 0.165 e. The van der Waals surface area contributed by atoms with Gasteiger partial charge in [-0.2, -0.15) is 0 Å². The van der Waals surface area contributed by atoms with Crippen molar-refractivity contribution in [2.45, 2.75) is 13.5 Å². The molecule has 0 unspecified atom stereocenters. The van der Waals surface area contributed by atoms with Gasteiger partial charge in [0.25, 0.3) is 0 Å². The summed E-state index contributed by atoms with van der Waals surface area (Å²) in [6, 6.07) is 7.87. The fraction of sp³-hybridized carbons (Fsp3) is 0.200. The predicted octanol–water partition coefficient (Wildman–Crippen LogP) is 2.01. The second kappa shape index (κ2) is 4.27. The Morgan fingerprint density at radius 2 is 2.33 bits per heavy atom. The van der Waals surface area contributed by atoms with Crippen LogP contribution in [0.1, 0.15) is 10.4 Å². The quantitative estimate of drug-likeness (QED) is 0.861. The van der Waals surface area contributed by atoms with Crippen LogP contribution in [0, 0.1) is 6.92 Å². The fourth-order valence-corrected chi connectivity index (χ4v) is 1.64. The van der Waals surface area contributed by atoms with Gasteiger partial charge in [-0.15, -0.1) is 5.10 Å². The van der Waals surface area contributed by atoms with Gasteiger partial charge in [0.05, 0.1) is 0 Å². The number of ether oxygens (including phenoxy) is 1. The van der Waals surface area contributed by atoms with Crippen molar-refractivity contribution in [3.05, 3.63) is 34.7 Å². The predicted molar refractivity (Wildman–Crippen MR) is 59.8 cm³/mol. The molecule has 0 saturated carbocycles. The molecule has 1 heterocycles. The lowest BCUT2D eigenvalue weighted by Crippen LogP contribution is -1.97. The molecule has 5 heteroatoms. The number of hydrogen-bond acceptors (Lipinski definition) is 5. The van der Waals surface area contributed by atoms with E-state index in [-0.39, 0.29) is 0 Å². The Balaban J connectivity index is 2.02. The zero-order valence-corrected chi connectivity index (χ0v) is 9.12. The number of nitrogens with two attached hydrogens (primary N) is 1. The number of rotatable bonds is 3. The van der Waals surface area contributed by atoms with Gasteiger partial charge >= 0.3 is 0 Å². The lowest BCUT2D eigenvalue weighted by atomic mass is 10.2.